The minimum Gasteiger partial charge on any atom is -0.342 e. The molecule has 0 spiro atoms. The number of nitrogens with zero attached hydrogens (tertiary/aromatic N) is 1. The number of nitrogens with two attached hydrogens (primary N) is 1. The van der Waals surface area contributed by atoms with Gasteiger partial charge >= 0.3 is 0 Å². The molecule has 0 aromatic heterocycles. The Hall–Kier alpha value is -0.570. The Bertz CT molecular complexity index is 294. The molecule has 3 heteroatoms. The topological polar surface area (TPSA) is 46.3 Å². The van der Waals surface area contributed by atoms with Crippen molar-refractivity contribution in [2.75, 3.05) is 19.6 Å². The van der Waals surface area contributed by atoms with E-state index in [9.17, 15) is 4.79 Å². The average molecular weight is 252 g/mol. The van der Waals surface area contributed by atoms with E-state index in [1.165, 1.54) is 12.8 Å². The maximum absolute atomic E-state index is 12.3. The highest BCUT2D eigenvalue weighted by Crippen LogP contribution is 2.40. The van der Waals surface area contributed by atoms with Gasteiger partial charge in [0.1, 0.15) is 0 Å². The maximum atomic E-state index is 12.3. The Balaban J connectivity index is 1.78. The fourth-order valence-electron chi connectivity index (χ4n) is 3.36. The predicted octanol–water partition coefficient (Wildman–Crippen LogP) is 2.26. The summed E-state index contributed by atoms with van der Waals surface area (Å²) in [6, 6.07) is 0. The first kappa shape index (κ1) is 13.9. The molecular formula is C15H28N2O. The lowest BCUT2D eigenvalue weighted by molar-refractivity contribution is -0.143. The van der Waals surface area contributed by atoms with Gasteiger partial charge in [-0.15, -0.1) is 0 Å². The van der Waals surface area contributed by atoms with Crippen molar-refractivity contribution in [2.45, 2.75) is 46.5 Å². The third kappa shape index (κ3) is 2.87. The molecule has 2 fully saturated rings. The van der Waals surface area contributed by atoms with Gasteiger partial charge in [-0.3, -0.25) is 4.79 Å². The second kappa shape index (κ2) is 5.20. The lowest BCUT2D eigenvalue weighted by Gasteiger charge is -2.43. The first-order valence-electron chi connectivity index (χ1n) is 7.40. The molecule has 1 aliphatic carbocycles. The third-order valence-corrected chi connectivity index (χ3v) is 4.90. The summed E-state index contributed by atoms with van der Waals surface area (Å²) in [4.78, 5) is 14.3. The highest BCUT2D eigenvalue weighted by atomic mass is 16.2. The van der Waals surface area contributed by atoms with E-state index in [-0.39, 0.29) is 0 Å². The second-order valence-corrected chi connectivity index (χ2v) is 7.26. The van der Waals surface area contributed by atoms with Gasteiger partial charge in [0.25, 0.3) is 0 Å². The van der Waals surface area contributed by atoms with Crippen LogP contribution in [-0.2, 0) is 4.79 Å². The van der Waals surface area contributed by atoms with Crippen LogP contribution in [0.5, 0.6) is 0 Å². The van der Waals surface area contributed by atoms with Crippen LogP contribution in [-0.4, -0.2) is 30.4 Å². The molecule has 18 heavy (non-hydrogen) atoms. The second-order valence-electron chi connectivity index (χ2n) is 7.26. The summed E-state index contributed by atoms with van der Waals surface area (Å²) in [7, 11) is 0. The Kier molecular flexibility index (Phi) is 4.00. The highest BCUT2D eigenvalue weighted by Gasteiger charge is 2.37. The van der Waals surface area contributed by atoms with Crippen LogP contribution < -0.4 is 5.73 Å². The molecule has 1 aliphatic heterocycles. The van der Waals surface area contributed by atoms with Gasteiger partial charge in [-0.05, 0) is 43.6 Å². The van der Waals surface area contributed by atoms with Crippen molar-refractivity contribution in [3.8, 4) is 0 Å². The molecule has 0 atom stereocenters. The van der Waals surface area contributed by atoms with Crippen LogP contribution in [0.15, 0.2) is 0 Å². The van der Waals surface area contributed by atoms with Crippen molar-refractivity contribution < 1.29 is 4.79 Å². The molecule has 1 saturated carbocycles. The van der Waals surface area contributed by atoms with Crippen LogP contribution in [0.3, 0.4) is 0 Å². The third-order valence-electron chi connectivity index (χ3n) is 4.90. The van der Waals surface area contributed by atoms with E-state index in [0.29, 0.717) is 23.2 Å². The van der Waals surface area contributed by atoms with E-state index in [2.05, 4.69) is 20.8 Å². The van der Waals surface area contributed by atoms with E-state index in [0.717, 1.165) is 38.4 Å². The molecule has 0 aromatic carbocycles. The van der Waals surface area contributed by atoms with Gasteiger partial charge in [0.15, 0.2) is 0 Å². The molecule has 0 bridgehead atoms. The van der Waals surface area contributed by atoms with Crippen molar-refractivity contribution in [1.82, 2.24) is 4.90 Å². The van der Waals surface area contributed by atoms with Gasteiger partial charge in [-0.1, -0.05) is 20.8 Å². The molecule has 0 aromatic rings. The molecular weight excluding hydrogens is 224 g/mol. The van der Waals surface area contributed by atoms with E-state index in [1.807, 2.05) is 4.90 Å². The Morgan fingerprint density at radius 2 is 1.72 bits per heavy atom. The largest absolute Gasteiger partial charge is 0.342 e. The van der Waals surface area contributed by atoms with Crippen molar-refractivity contribution in [2.24, 2.45) is 28.9 Å². The number of carbonyl (C=O) groups is 1. The molecule has 2 aliphatic rings. The average Bonchev–Trinajstić information content (AvgIpc) is 2.26. The summed E-state index contributed by atoms with van der Waals surface area (Å²) in [6.45, 7) is 9.48. The Morgan fingerprint density at radius 3 is 2.17 bits per heavy atom. The number of likely N-dealkylation sites (tertiary alicyclic amines) is 1. The fourth-order valence-corrected chi connectivity index (χ4v) is 3.36. The minimum atomic E-state index is 0.294. The highest BCUT2D eigenvalue weighted by molar-refractivity contribution is 5.79. The first-order valence-corrected chi connectivity index (χ1v) is 7.40. The normalized spacial score (nSPS) is 30.1. The van der Waals surface area contributed by atoms with Gasteiger partial charge in [0, 0.05) is 24.9 Å². The summed E-state index contributed by atoms with van der Waals surface area (Å²) in [5, 5.41) is 0. The van der Waals surface area contributed by atoms with E-state index >= 15 is 0 Å². The van der Waals surface area contributed by atoms with Crippen LogP contribution in [0.25, 0.3) is 0 Å². The van der Waals surface area contributed by atoms with Gasteiger partial charge in [0.2, 0.25) is 5.91 Å². The molecule has 1 amide bonds. The molecule has 2 rings (SSSR count). The van der Waals surface area contributed by atoms with Gasteiger partial charge in [-0.2, -0.15) is 0 Å². The van der Waals surface area contributed by atoms with E-state index < -0.39 is 0 Å². The summed E-state index contributed by atoms with van der Waals surface area (Å²) in [5.74, 6) is 2.03. The van der Waals surface area contributed by atoms with Crippen LogP contribution in [0.2, 0.25) is 0 Å². The molecule has 104 valence electrons. The van der Waals surface area contributed by atoms with Crippen molar-refractivity contribution in [1.29, 1.82) is 0 Å². The SMILES string of the molecule is CC(C)(C)C1CCC(C(=O)N2CC(CN)C2)CC1. The lowest BCUT2D eigenvalue weighted by Crippen LogP contribution is -2.54. The van der Waals surface area contributed by atoms with Gasteiger partial charge in [0.05, 0.1) is 0 Å². The zero-order valence-electron chi connectivity index (χ0n) is 12.1. The smallest absolute Gasteiger partial charge is 0.225 e. The molecule has 2 N–H and O–H groups in total. The zero-order valence-corrected chi connectivity index (χ0v) is 12.1. The fraction of sp³-hybridized carbons (Fsp3) is 0.933. The molecule has 3 nitrogen and oxygen atoms in total. The summed E-state index contributed by atoms with van der Waals surface area (Å²) < 4.78 is 0. The number of rotatable bonds is 2. The van der Waals surface area contributed by atoms with Crippen molar-refractivity contribution in [3.05, 3.63) is 0 Å². The van der Waals surface area contributed by atoms with E-state index in [4.69, 9.17) is 5.73 Å². The first-order chi connectivity index (χ1) is 8.41. The summed E-state index contributed by atoms with van der Waals surface area (Å²) >= 11 is 0. The zero-order chi connectivity index (χ0) is 13.3. The molecule has 0 unspecified atom stereocenters. The number of hydrogen-bond donors (Lipinski definition) is 1. The van der Waals surface area contributed by atoms with E-state index in [1.54, 1.807) is 0 Å². The standard InChI is InChI=1S/C15H28N2O/c1-15(2,3)13-6-4-12(5-7-13)14(18)17-9-11(8-16)10-17/h11-13H,4-10,16H2,1-3H3. The predicted molar refractivity (Wildman–Crippen MR) is 74.0 cm³/mol. The quantitative estimate of drug-likeness (QED) is 0.819. The number of carbonyl (C=O) groups excluding carboxylic acids is 1. The van der Waals surface area contributed by atoms with Gasteiger partial charge in [-0.25, -0.2) is 0 Å². The monoisotopic (exact) mass is 252 g/mol. The Labute approximate surface area is 111 Å². The number of amides is 1. The van der Waals surface area contributed by atoms with Crippen LogP contribution in [0.1, 0.15) is 46.5 Å². The van der Waals surface area contributed by atoms with Crippen LogP contribution in [0.4, 0.5) is 0 Å². The molecule has 1 saturated heterocycles. The van der Waals surface area contributed by atoms with Crippen LogP contribution >= 0.6 is 0 Å². The van der Waals surface area contributed by atoms with Crippen molar-refractivity contribution >= 4 is 5.91 Å². The van der Waals surface area contributed by atoms with Crippen LogP contribution in [0, 0.1) is 23.2 Å². The number of hydrogen-bond acceptors (Lipinski definition) is 2. The lowest BCUT2D eigenvalue weighted by atomic mass is 9.69. The Morgan fingerprint density at radius 1 is 1.17 bits per heavy atom. The molecule has 1 heterocycles. The summed E-state index contributed by atoms with van der Waals surface area (Å²) in [6.07, 6.45) is 4.61. The maximum Gasteiger partial charge on any atom is 0.225 e. The van der Waals surface area contributed by atoms with Gasteiger partial charge < -0.3 is 10.6 Å². The summed E-state index contributed by atoms with van der Waals surface area (Å²) in [5.41, 5.74) is 6.00. The minimum absolute atomic E-state index is 0.294. The van der Waals surface area contributed by atoms with Crippen molar-refractivity contribution in [3.63, 3.8) is 0 Å². The molecule has 0 radical (unpaired) electrons.